The lowest BCUT2D eigenvalue weighted by atomic mass is 10.0. The van der Waals surface area contributed by atoms with Crippen LogP contribution in [-0.4, -0.2) is 25.6 Å². The van der Waals surface area contributed by atoms with Gasteiger partial charge in [0.15, 0.2) is 0 Å². The van der Waals surface area contributed by atoms with Crippen molar-refractivity contribution in [3.8, 4) is 11.3 Å². The second-order valence-electron chi connectivity index (χ2n) is 7.31. The molecular formula is C21H23FN4OS. The molecule has 28 heavy (non-hydrogen) atoms. The van der Waals surface area contributed by atoms with Crippen molar-refractivity contribution in [2.24, 2.45) is 0 Å². The summed E-state index contributed by atoms with van der Waals surface area (Å²) in [7, 11) is 0. The van der Waals surface area contributed by atoms with E-state index in [0.29, 0.717) is 24.2 Å². The minimum absolute atomic E-state index is 0.0404. The molecule has 0 spiro atoms. The van der Waals surface area contributed by atoms with E-state index in [-0.39, 0.29) is 18.3 Å². The number of aryl methyl sites for hydroxylation is 4. The van der Waals surface area contributed by atoms with Crippen LogP contribution in [0.1, 0.15) is 39.3 Å². The van der Waals surface area contributed by atoms with Crippen LogP contribution < -0.4 is 0 Å². The zero-order chi connectivity index (χ0) is 20.0. The molecule has 0 saturated heterocycles. The number of aromatic nitrogens is 3. The molecule has 146 valence electrons. The third-order valence-corrected chi connectivity index (χ3v) is 6.15. The van der Waals surface area contributed by atoms with E-state index in [4.69, 9.17) is 0 Å². The van der Waals surface area contributed by atoms with E-state index in [2.05, 4.69) is 10.1 Å². The first-order chi connectivity index (χ1) is 13.4. The highest BCUT2D eigenvalue weighted by Gasteiger charge is 2.27. The van der Waals surface area contributed by atoms with Gasteiger partial charge in [0, 0.05) is 16.1 Å². The Balaban J connectivity index is 1.55. The maximum absolute atomic E-state index is 14.0. The highest BCUT2D eigenvalue weighted by Crippen LogP contribution is 2.28. The number of amides is 1. The summed E-state index contributed by atoms with van der Waals surface area (Å²) in [5.41, 5.74) is 4.86. The van der Waals surface area contributed by atoms with Crippen LogP contribution in [0.4, 0.5) is 4.39 Å². The second-order valence-corrected chi connectivity index (χ2v) is 8.60. The lowest BCUT2D eigenvalue weighted by Gasteiger charge is -2.16. The normalized spacial score (nSPS) is 13.2. The first-order valence-electron chi connectivity index (χ1n) is 9.42. The van der Waals surface area contributed by atoms with Crippen LogP contribution in [-0.2, 0) is 30.8 Å². The Bertz CT molecular complexity index is 1020. The molecule has 3 aromatic rings. The number of carbonyl (C=O) groups is 1. The largest absolute Gasteiger partial charge is 0.330 e. The van der Waals surface area contributed by atoms with Gasteiger partial charge in [-0.1, -0.05) is 6.92 Å². The molecule has 5 nitrogen and oxygen atoms in total. The van der Waals surface area contributed by atoms with Crippen molar-refractivity contribution in [2.75, 3.05) is 0 Å². The fourth-order valence-electron chi connectivity index (χ4n) is 3.69. The fourth-order valence-corrected chi connectivity index (χ4v) is 4.65. The van der Waals surface area contributed by atoms with Gasteiger partial charge in [0.1, 0.15) is 12.4 Å². The van der Waals surface area contributed by atoms with E-state index in [1.807, 2.05) is 36.9 Å². The van der Waals surface area contributed by atoms with Crippen LogP contribution in [0.3, 0.4) is 0 Å². The summed E-state index contributed by atoms with van der Waals surface area (Å²) in [4.78, 5) is 20.3. The van der Waals surface area contributed by atoms with Gasteiger partial charge in [0.05, 0.1) is 29.5 Å². The smallest absolute Gasteiger partial charge is 0.244 e. The molecule has 0 fully saturated rings. The Labute approximate surface area is 167 Å². The molecule has 3 heterocycles. The van der Waals surface area contributed by atoms with Gasteiger partial charge >= 0.3 is 0 Å². The maximum Gasteiger partial charge on any atom is 0.244 e. The SMILES string of the molecule is CCc1cc(-c2cc(C)c(F)c(C)c2)nn1CC(=O)N1Cc2nc(C)sc2C1. The monoisotopic (exact) mass is 398 g/mol. The number of carbonyl (C=O) groups excluding carboxylic acids is 1. The van der Waals surface area contributed by atoms with Crippen LogP contribution in [0.5, 0.6) is 0 Å². The molecule has 0 aliphatic carbocycles. The Kier molecular flexibility index (Phi) is 4.79. The number of rotatable bonds is 4. The van der Waals surface area contributed by atoms with Gasteiger partial charge in [-0.15, -0.1) is 11.3 Å². The Hall–Kier alpha value is -2.54. The summed E-state index contributed by atoms with van der Waals surface area (Å²) < 4.78 is 15.7. The van der Waals surface area contributed by atoms with Crippen LogP contribution in [0.15, 0.2) is 18.2 Å². The number of hydrogen-bond acceptors (Lipinski definition) is 4. The van der Waals surface area contributed by atoms with Crippen molar-refractivity contribution < 1.29 is 9.18 Å². The Morgan fingerprint density at radius 1 is 1.18 bits per heavy atom. The quantitative estimate of drug-likeness (QED) is 0.663. The van der Waals surface area contributed by atoms with E-state index in [9.17, 15) is 9.18 Å². The molecule has 0 saturated carbocycles. The molecule has 1 aliphatic heterocycles. The van der Waals surface area contributed by atoms with Crippen LogP contribution >= 0.6 is 11.3 Å². The number of fused-ring (bicyclic) bond motifs is 1. The minimum atomic E-state index is -0.181. The number of benzene rings is 1. The average molecular weight is 399 g/mol. The molecule has 2 aromatic heterocycles. The molecule has 1 aliphatic rings. The third kappa shape index (κ3) is 3.35. The molecule has 0 radical (unpaired) electrons. The summed E-state index contributed by atoms with van der Waals surface area (Å²) in [6.45, 7) is 8.96. The minimum Gasteiger partial charge on any atom is -0.330 e. The van der Waals surface area contributed by atoms with Crippen molar-refractivity contribution >= 4 is 17.2 Å². The number of hydrogen-bond donors (Lipinski definition) is 0. The topological polar surface area (TPSA) is 51.0 Å². The second kappa shape index (κ2) is 7.13. The van der Waals surface area contributed by atoms with Crippen LogP contribution in [0.25, 0.3) is 11.3 Å². The van der Waals surface area contributed by atoms with Gasteiger partial charge < -0.3 is 4.90 Å². The van der Waals surface area contributed by atoms with E-state index >= 15 is 0 Å². The zero-order valence-electron chi connectivity index (χ0n) is 16.5. The highest BCUT2D eigenvalue weighted by molar-refractivity contribution is 7.11. The molecular weight excluding hydrogens is 375 g/mol. The van der Waals surface area contributed by atoms with Gasteiger partial charge in [0.2, 0.25) is 5.91 Å². The molecule has 0 bridgehead atoms. The summed E-state index contributed by atoms with van der Waals surface area (Å²) in [5, 5.41) is 5.71. The van der Waals surface area contributed by atoms with Gasteiger partial charge in [-0.05, 0) is 56.5 Å². The molecule has 7 heteroatoms. The van der Waals surface area contributed by atoms with Crippen molar-refractivity contribution in [3.63, 3.8) is 0 Å². The van der Waals surface area contributed by atoms with E-state index < -0.39 is 0 Å². The molecule has 0 N–H and O–H groups in total. The number of halogens is 1. The van der Waals surface area contributed by atoms with Crippen molar-refractivity contribution in [3.05, 3.63) is 56.4 Å². The van der Waals surface area contributed by atoms with Gasteiger partial charge in [-0.2, -0.15) is 5.10 Å². The predicted molar refractivity (Wildman–Crippen MR) is 108 cm³/mol. The van der Waals surface area contributed by atoms with Gasteiger partial charge in [-0.25, -0.2) is 9.37 Å². The molecule has 1 amide bonds. The van der Waals surface area contributed by atoms with Crippen molar-refractivity contribution in [1.29, 1.82) is 0 Å². The van der Waals surface area contributed by atoms with Gasteiger partial charge in [-0.3, -0.25) is 9.48 Å². The summed E-state index contributed by atoms with van der Waals surface area (Å²) in [5.74, 6) is -0.141. The van der Waals surface area contributed by atoms with E-state index in [1.54, 1.807) is 29.9 Å². The van der Waals surface area contributed by atoms with Gasteiger partial charge in [0.25, 0.3) is 0 Å². The number of nitrogens with zero attached hydrogens (tertiary/aromatic N) is 4. The standard InChI is InChI=1S/C21H23FN4OS/c1-5-16-8-17(15-6-12(2)21(22)13(3)7-15)24-26(16)11-20(27)25-9-18-19(10-25)28-14(4)23-18/h6-8H,5,9-11H2,1-4H3. The maximum atomic E-state index is 14.0. The Morgan fingerprint density at radius 3 is 2.54 bits per heavy atom. The van der Waals surface area contributed by atoms with Crippen LogP contribution in [0, 0.1) is 26.6 Å². The lowest BCUT2D eigenvalue weighted by Crippen LogP contribution is -2.30. The molecule has 4 rings (SSSR count). The number of thiazole rings is 1. The zero-order valence-corrected chi connectivity index (χ0v) is 17.4. The van der Waals surface area contributed by atoms with E-state index in [1.165, 1.54) is 4.88 Å². The lowest BCUT2D eigenvalue weighted by molar-refractivity contribution is -0.132. The molecule has 0 atom stereocenters. The predicted octanol–water partition coefficient (Wildman–Crippen LogP) is 4.18. The first kappa shape index (κ1) is 18.8. The first-order valence-corrected chi connectivity index (χ1v) is 10.2. The Morgan fingerprint density at radius 2 is 1.89 bits per heavy atom. The van der Waals surface area contributed by atoms with E-state index in [0.717, 1.165) is 34.1 Å². The third-order valence-electron chi connectivity index (χ3n) is 5.16. The van der Waals surface area contributed by atoms with Crippen molar-refractivity contribution in [1.82, 2.24) is 19.7 Å². The highest BCUT2D eigenvalue weighted by atomic mass is 32.1. The average Bonchev–Trinajstić information content (AvgIpc) is 3.31. The summed E-state index contributed by atoms with van der Waals surface area (Å²) in [6, 6.07) is 5.61. The fraction of sp³-hybridized carbons (Fsp3) is 0.381. The van der Waals surface area contributed by atoms with Crippen molar-refractivity contribution in [2.45, 2.75) is 53.8 Å². The summed E-state index contributed by atoms with van der Waals surface area (Å²) in [6.07, 6.45) is 0.771. The molecule has 1 aromatic carbocycles. The van der Waals surface area contributed by atoms with Crippen LogP contribution in [0.2, 0.25) is 0 Å². The molecule has 0 unspecified atom stereocenters. The summed E-state index contributed by atoms with van der Waals surface area (Å²) >= 11 is 1.66.